The second-order valence-electron chi connectivity index (χ2n) is 9.62. The van der Waals surface area contributed by atoms with E-state index < -0.39 is 37.7 Å². The number of ether oxygens (including phenoxy) is 2. The maximum Gasteiger partial charge on any atom is 0.459 e. The second-order valence-corrected chi connectivity index (χ2v) is 11.3. The van der Waals surface area contributed by atoms with Gasteiger partial charge in [0.2, 0.25) is 0 Å². The summed E-state index contributed by atoms with van der Waals surface area (Å²) in [4.78, 5) is 24.7. The van der Waals surface area contributed by atoms with E-state index >= 15 is 0 Å². The lowest BCUT2D eigenvalue weighted by Gasteiger charge is -2.29. The van der Waals surface area contributed by atoms with Crippen LogP contribution in [0.15, 0.2) is 55.1 Å². The number of esters is 1. The van der Waals surface area contributed by atoms with Crippen LogP contribution in [0.4, 0.5) is 5.82 Å². The van der Waals surface area contributed by atoms with E-state index in [1.165, 1.54) is 33.6 Å². The third-order valence-corrected chi connectivity index (χ3v) is 8.10. The van der Waals surface area contributed by atoms with Crippen LogP contribution < -0.4 is 15.3 Å². The van der Waals surface area contributed by atoms with Gasteiger partial charge in [-0.15, -0.1) is 0 Å². The summed E-state index contributed by atoms with van der Waals surface area (Å²) in [6, 6.07) is 12.8. The summed E-state index contributed by atoms with van der Waals surface area (Å²) in [5.41, 5.74) is 5.24. The zero-order chi connectivity index (χ0) is 27.8. The van der Waals surface area contributed by atoms with Crippen molar-refractivity contribution in [2.24, 2.45) is 0 Å². The van der Waals surface area contributed by atoms with Crippen molar-refractivity contribution in [2.45, 2.75) is 44.2 Å². The van der Waals surface area contributed by atoms with Gasteiger partial charge in [0.1, 0.15) is 29.2 Å². The van der Waals surface area contributed by atoms with Crippen molar-refractivity contribution in [1.29, 1.82) is 0 Å². The maximum atomic E-state index is 14.1. The molecule has 14 heteroatoms. The van der Waals surface area contributed by atoms with Crippen molar-refractivity contribution < 1.29 is 33.0 Å². The normalized spacial score (nSPS) is 21.2. The first-order chi connectivity index (χ1) is 18.6. The van der Waals surface area contributed by atoms with Gasteiger partial charge in [-0.25, -0.2) is 19.5 Å². The summed E-state index contributed by atoms with van der Waals surface area (Å²) >= 11 is 0. The van der Waals surface area contributed by atoms with E-state index in [2.05, 4.69) is 20.0 Å². The van der Waals surface area contributed by atoms with E-state index in [0.717, 1.165) is 5.39 Å². The van der Waals surface area contributed by atoms with Crippen LogP contribution >= 0.6 is 7.75 Å². The van der Waals surface area contributed by atoms with Gasteiger partial charge in [-0.1, -0.05) is 36.4 Å². The third-order valence-electron chi connectivity index (χ3n) is 6.34. The Kier molecular flexibility index (Phi) is 7.27. The summed E-state index contributed by atoms with van der Waals surface area (Å²) in [5.74, 6) is -0.150. The minimum atomic E-state index is -4.20. The lowest BCUT2D eigenvalue weighted by Crippen LogP contribution is -2.46. The molecule has 5 rings (SSSR count). The zero-order valence-electron chi connectivity index (χ0n) is 21.6. The first-order valence-corrected chi connectivity index (χ1v) is 13.7. The molecule has 4 atom stereocenters. The zero-order valence-corrected chi connectivity index (χ0v) is 22.4. The standard InChI is InChI=1S/C25H29N6O7P/c1-25(2,24(33)35-3)30-39(34,38-19-10-6-8-15-7-4-5-9-17(15)19)36-12-16-11-18(32)23(37-16)31-14-29-20-21(26)27-13-28-22(20)31/h4-10,13-14,16,18,23,32H,11-12H2,1-3H3,(H,30,34)(H2,26,27,28)/t16-,18+,23+,39?/m0/s1. The average Bonchev–Trinajstić information content (AvgIpc) is 3.50. The van der Waals surface area contributed by atoms with Crippen LogP contribution in [0.2, 0.25) is 0 Å². The minimum absolute atomic E-state index is 0.166. The van der Waals surface area contributed by atoms with Crippen molar-refractivity contribution in [3.8, 4) is 5.75 Å². The van der Waals surface area contributed by atoms with Crippen molar-refractivity contribution in [3.05, 3.63) is 55.1 Å². The number of aromatic nitrogens is 4. The number of aliphatic hydroxyl groups excluding tert-OH is 1. The van der Waals surface area contributed by atoms with Crippen molar-refractivity contribution >= 4 is 41.5 Å². The lowest BCUT2D eigenvalue weighted by atomic mass is 10.1. The monoisotopic (exact) mass is 556 g/mol. The first-order valence-electron chi connectivity index (χ1n) is 12.2. The van der Waals surface area contributed by atoms with Crippen LogP contribution in [0.25, 0.3) is 21.9 Å². The number of nitrogens with one attached hydrogen (secondary N) is 1. The number of anilines is 1. The molecule has 206 valence electrons. The molecule has 0 aliphatic carbocycles. The number of rotatable bonds is 9. The Balaban J connectivity index is 1.37. The third kappa shape index (κ3) is 5.45. The number of fused-ring (bicyclic) bond motifs is 2. The number of imidazole rings is 1. The SMILES string of the molecule is COC(=O)C(C)(C)NP(=O)(OC[C@@H]1C[C@@H](O)[C@H](n2cnc3c(N)ncnc32)O1)Oc1cccc2ccccc12. The summed E-state index contributed by atoms with van der Waals surface area (Å²) in [6.07, 6.45) is 0.476. The van der Waals surface area contributed by atoms with Gasteiger partial charge in [-0.2, -0.15) is 5.09 Å². The summed E-state index contributed by atoms with van der Waals surface area (Å²) in [6.45, 7) is 2.79. The quantitative estimate of drug-likeness (QED) is 0.203. The molecule has 2 aromatic heterocycles. The van der Waals surface area contributed by atoms with E-state index in [4.69, 9.17) is 24.3 Å². The molecule has 0 spiro atoms. The Bertz CT molecular complexity index is 1560. The smallest absolute Gasteiger partial charge is 0.459 e. The molecular weight excluding hydrogens is 527 g/mol. The van der Waals surface area contributed by atoms with Gasteiger partial charge in [0.15, 0.2) is 17.7 Å². The van der Waals surface area contributed by atoms with Gasteiger partial charge < -0.3 is 24.8 Å². The number of nitrogens with two attached hydrogens (primary N) is 1. The molecule has 1 aliphatic heterocycles. The molecule has 2 aromatic carbocycles. The molecule has 39 heavy (non-hydrogen) atoms. The van der Waals surface area contributed by atoms with Crippen LogP contribution in [-0.4, -0.2) is 62.1 Å². The molecule has 0 amide bonds. The largest absolute Gasteiger partial charge is 0.468 e. The fourth-order valence-electron chi connectivity index (χ4n) is 4.45. The van der Waals surface area contributed by atoms with Crippen molar-refractivity contribution in [3.63, 3.8) is 0 Å². The minimum Gasteiger partial charge on any atom is -0.468 e. The van der Waals surface area contributed by atoms with E-state index in [-0.39, 0.29) is 18.8 Å². The highest BCUT2D eigenvalue weighted by Crippen LogP contribution is 2.49. The van der Waals surface area contributed by atoms with E-state index in [1.807, 2.05) is 30.3 Å². The number of methoxy groups -OCH3 is 1. The second kappa shape index (κ2) is 10.5. The molecule has 0 saturated carbocycles. The molecular formula is C25H29N6O7P. The highest BCUT2D eigenvalue weighted by molar-refractivity contribution is 7.52. The Morgan fingerprint density at radius 3 is 2.79 bits per heavy atom. The predicted octanol–water partition coefficient (Wildman–Crippen LogP) is 2.96. The van der Waals surface area contributed by atoms with Crippen molar-refractivity contribution in [2.75, 3.05) is 19.5 Å². The Morgan fingerprint density at radius 2 is 2.00 bits per heavy atom. The highest BCUT2D eigenvalue weighted by atomic mass is 31.2. The molecule has 4 N–H and O–H groups in total. The van der Waals surface area contributed by atoms with Crippen LogP contribution in [0.1, 0.15) is 26.5 Å². The van der Waals surface area contributed by atoms with Crippen LogP contribution in [0.3, 0.4) is 0 Å². The fourth-order valence-corrected chi connectivity index (χ4v) is 6.17. The number of aliphatic hydroxyl groups is 1. The van der Waals surface area contributed by atoms with E-state index in [1.54, 1.807) is 16.7 Å². The molecule has 0 radical (unpaired) electrons. The van der Waals surface area contributed by atoms with Gasteiger partial charge in [-0.05, 0) is 25.3 Å². The van der Waals surface area contributed by atoms with Crippen LogP contribution in [-0.2, 0) is 23.4 Å². The van der Waals surface area contributed by atoms with Gasteiger partial charge in [0.05, 0.1) is 26.1 Å². The molecule has 1 aliphatic rings. The number of hydrogen-bond acceptors (Lipinski definition) is 11. The summed E-state index contributed by atoms with van der Waals surface area (Å²) in [5, 5.41) is 15.0. The van der Waals surface area contributed by atoms with Crippen LogP contribution in [0.5, 0.6) is 5.75 Å². The number of carbonyl (C=O) groups is 1. The number of nitrogens with zero attached hydrogens (tertiary/aromatic N) is 4. The molecule has 1 unspecified atom stereocenters. The number of carbonyl (C=O) groups excluding carboxylic acids is 1. The highest BCUT2D eigenvalue weighted by Gasteiger charge is 2.43. The lowest BCUT2D eigenvalue weighted by molar-refractivity contribution is -0.146. The van der Waals surface area contributed by atoms with Gasteiger partial charge in [0, 0.05) is 11.8 Å². The van der Waals surface area contributed by atoms with E-state index in [9.17, 15) is 14.5 Å². The van der Waals surface area contributed by atoms with E-state index in [0.29, 0.717) is 22.3 Å². The van der Waals surface area contributed by atoms with Crippen molar-refractivity contribution in [1.82, 2.24) is 24.6 Å². The van der Waals surface area contributed by atoms with Gasteiger partial charge >= 0.3 is 13.7 Å². The van der Waals surface area contributed by atoms with Gasteiger partial charge in [0.25, 0.3) is 0 Å². The molecule has 3 heterocycles. The van der Waals surface area contributed by atoms with Gasteiger partial charge in [-0.3, -0.25) is 13.9 Å². The molecule has 0 bridgehead atoms. The predicted molar refractivity (Wildman–Crippen MR) is 142 cm³/mol. The molecule has 4 aromatic rings. The molecule has 1 saturated heterocycles. The number of benzene rings is 2. The maximum absolute atomic E-state index is 14.1. The summed E-state index contributed by atoms with van der Waals surface area (Å²) < 4.78 is 38.3. The van der Waals surface area contributed by atoms with Crippen LogP contribution in [0, 0.1) is 0 Å². The first kappa shape index (κ1) is 27.0. The Morgan fingerprint density at radius 1 is 1.23 bits per heavy atom. The summed E-state index contributed by atoms with van der Waals surface area (Å²) in [7, 11) is -2.97. The average molecular weight is 557 g/mol. The number of hydrogen-bond donors (Lipinski definition) is 3. The topological polar surface area (TPSA) is 173 Å². The molecule has 13 nitrogen and oxygen atoms in total. The fraction of sp³-hybridized carbons (Fsp3) is 0.360. The number of nitrogen functional groups attached to an aromatic ring is 1. The molecule has 1 fully saturated rings. The Labute approximate surface area is 223 Å². The Hall–Kier alpha value is -3.61.